The van der Waals surface area contributed by atoms with E-state index in [1.807, 2.05) is 6.07 Å². The summed E-state index contributed by atoms with van der Waals surface area (Å²) in [6.07, 6.45) is 1.55. The molecule has 150 valence electrons. The number of aryl methyl sites for hydroxylation is 1. The number of ether oxygens (including phenoxy) is 2. The second kappa shape index (κ2) is 9.40. The zero-order valence-electron chi connectivity index (χ0n) is 15.6. The van der Waals surface area contributed by atoms with Gasteiger partial charge in [-0.3, -0.25) is 9.78 Å². The van der Waals surface area contributed by atoms with E-state index in [2.05, 4.69) is 25.7 Å². The minimum absolute atomic E-state index is 0.144. The average molecular weight is 434 g/mol. The van der Waals surface area contributed by atoms with E-state index in [1.54, 1.807) is 50.6 Å². The van der Waals surface area contributed by atoms with Crippen molar-refractivity contribution in [2.45, 2.75) is 13.5 Å². The van der Waals surface area contributed by atoms with Gasteiger partial charge in [-0.15, -0.1) is 10.2 Å². The Balaban J connectivity index is 1.66. The first-order valence-electron chi connectivity index (χ1n) is 8.43. The molecule has 0 atom stereocenters. The Morgan fingerprint density at radius 3 is 2.69 bits per heavy atom. The summed E-state index contributed by atoms with van der Waals surface area (Å²) in [5.41, 5.74) is 4.19. The summed E-state index contributed by atoms with van der Waals surface area (Å²) in [5, 5.41) is 12.5. The Bertz CT molecular complexity index is 1100. The number of hydrogen-bond donors (Lipinski definition) is 2. The third-order valence-corrected chi connectivity index (χ3v) is 4.55. The van der Waals surface area contributed by atoms with Crippen molar-refractivity contribution >= 4 is 35.4 Å². The molecule has 29 heavy (non-hydrogen) atoms. The predicted octanol–water partition coefficient (Wildman–Crippen LogP) is 3.81. The summed E-state index contributed by atoms with van der Waals surface area (Å²) in [7, 11) is 1.55. The van der Waals surface area contributed by atoms with Gasteiger partial charge in [-0.25, -0.2) is 5.43 Å². The number of hydrazone groups is 1. The minimum atomic E-state index is -0.331. The lowest BCUT2D eigenvalue weighted by atomic mass is 10.2. The molecule has 0 aliphatic heterocycles. The summed E-state index contributed by atoms with van der Waals surface area (Å²) in [6.45, 7) is 1.87. The first-order chi connectivity index (χ1) is 14.0. The van der Waals surface area contributed by atoms with Gasteiger partial charge in [0.1, 0.15) is 12.3 Å². The molecular formula is C19H17Cl2N5O3. The maximum Gasteiger partial charge on any atom is 0.274 e. The molecule has 2 aromatic carbocycles. The number of hydrogen-bond acceptors (Lipinski definition) is 7. The number of aromatic amines is 1. The van der Waals surface area contributed by atoms with E-state index in [9.17, 15) is 4.79 Å². The van der Waals surface area contributed by atoms with E-state index in [4.69, 9.17) is 32.7 Å². The normalized spacial score (nSPS) is 10.9. The van der Waals surface area contributed by atoms with Crippen LogP contribution in [0.25, 0.3) is 0 Å². The Morgan fingerprint density at radius 2 is 1.97 bits per heavy atom. The zero-order valence-corrected chi connectivity index (χ0v) is 17.1. The molecule has 0 fully saturated rings. The third-order valence-electron chi connectivity index (χ3n) is 3.81. The van der Waals surface area contributed by atoms with Crippen LogP contribution in [-0.2, 0) is 6.61 Å². The van der Waals surface area contributed by atoms with Crippen LogP contribution in [0.15, 0.2) is 46.3 Å². The lowest BCUT2D eigenvalue weighted by Crippen LogP contribution is -2.15. The molecular weight excluding hydrogens is 417 g/mol. The molecule has 0 radical (unpaired) electrons. The number of benzene rings is 2. The lowest BCUT2D eigenvalue weighted by molar-refractivity contribution is 0.284. The Kier molecular flexibility index (Phi) is 6.69. The molecule has 1 aromatic heterocycles. The van der Waals surface area contributed by atoms with Crippen LogP contribution in [-0.4, -0.2) is 28.5 Å². The number of anilines is 1. The van der Waals surface area contributed by atoms with Gasteiger partial charge < -0.3 is 9.47 Å². The highest BCUT2D eigenvalue weighted by Gasteiger charge is 2.07. The minimum Gasteiger partial charge on any atom is -0.493 e. The average Bonchev–Trinajstić information content (AvgIpc) is 2.72. The van der Waals surface area contributed by atoms with Gasteiger partial charge >= 0.3 is 0 Å². The van der Waals surface area contributed by atoms with Crippen molar-refractivity contribution < 1.29 is 9.47 Å². The molecule has 3 aromatic rings. The molecule has 0 amide bonds. The second-order valence-electron chi connectivity index (χ2n) is 5.91. The van der Waals surface area contributed by atoms with Crippen molar-refractivity contribution in [3.8, 4) is 11.5 Å². The first-order valence-corrected chi connectivity index (χ1v) is 9.19. The maximum atomic E-state index is 11.5. The Hall–Kier alpha value is -3.10. The third kappa shape index (κ3) is 5.46. The number of halogens is 2. The number of aromatic nitrogens is 3. The molecule has 0 aliphatic carbocycles. The molecule has 0 spiro atoms. The zero-order chi connectivity index (χ0) is 20.8. The van der Waals surface area contributed by atoms with Crippen molar-refractivity contribution in [1.29, 1.82) is 0 Å². The van der Waals surface area contributed by atoms with E-state index in [0.29, 0.717) is 28.2 Å². The van der Waals surface area contributed by atoms with Gasteiger partial charge in [0.25, 0.3) is 5.56 Å². The number of rotatable bonds is 7. The van der Waals surface area contributed by atoms with Crippen LogP contribution >= 0.6 is 23.2 Å². The number of H-pyrrole nitrogens is 1. The molecule has 10 heteroatoms. The predicted molar refractivity (Wildman–Crippen MR) is 112 cm³/mol. The van der Waals surface area contributed by atoms with Gasteiger partial charge in [-0.1, -0.05) is 29.3 Å². The second-order valence-corrected chi connectivity index (χ2v) is 6.72. The van der Waals surface area contributed by atoms with Crippen molar-refractivity contribution in [1.82, 2.24) is 15.2 Å². The van der Waals surface area contributed by atoms with Crippen LogP contribution in [0.2, 0.25) is 10.0 Å². The van der Waals surface area contributed by atoms with Crippen LogP contribution in [0.3, 0.4) is 0 Å². The summed E-state index contributed by atoms with van der Waals surface area (Å²) >= 11 is 11.9. The topological polar surface area (TPSA) is 101 Å². The van der Waals surface area contributed by atoms with Gasteiger partial charge in [0.2, 0.25) is 5.95 Å². The fourth-order valence-corrected chi connectivity index (χ4v) is 2.61. The largest absolute Gasteiger partial charge is 0.493 e. The van der Waals surface area contributed by atoms with Crippen LogP contribution < -0.4 is 20.5 Å². The molecule has 0 bridgehead atoms. The number of nitrogens with one attached hydrogen (secondary N) is 2. The summed E-state index contributed by atoms with van der Waals surface area (Å²) < 4.78 is 11.2. The molecule has 3 rings (SSSR count). The standard InChI is InChI=1S/C19H17Cl2N5O3/c1-11-18(27)23-19(26-24-11)25-22-9-12-4-6-16(17(8-12)28-2)29-10-13-3-5-14(20)15(21)7-13/h3-9H,10H2,1-2H3,(H2,23,25,26,27)/b22-9+. The first kappa shape index (κ1) is 20.6. The summed E-state index contributed by atoms with van der Waals surface area (Å²) in [6, 6.07) is 10.6. The number of nitrogens with zero attached hydrogens (tertiary/aromatic N) is 3. The van der Waals surface area contributed by atoms with Crippen molar-refractivity contribution in [3.05, 3.63) is 73.6 Å². The molecule has 0 aliphatic rings. The molecule has 8 nitrogen and oxygen atoms in total. The van der Waals surface area contributed by atoms with Crippen molar-refractivity contribution in [3.63, 3.8) is 0 Å². The highest BCUT2D eigenvalue weighted by atomic mass is 35.5. The van der Waals surface area contributed by atoms with Gasteiger partial charge in [-0.05, 0) is 48.4 Å². The van der Waals surface area contributed by atoms with Crippen molar-refractivity contribution in [2.75, 3.05) is 12.5 Å². The fraction of sp³-hybridized carbons (Fsp3) is 0.158. The Morgan fingerprint density at radius 1 is 1.14 bits per heavy atom. The molecule has 0 saturated carbocycles. The van der Waals surface area contributed by atoms with Gasteiger partial charge in [0.05, 0.1) is 23.4 Å². The summed E-state index contributed by atoms with van der Waals surface area (Å²) in [5.74, 6) is 1.25. The monoisotopic (exact) mass is 433 g/mol. The van der Waals surface area contributed by atoms with E-state index in [0.717, 1.165) is 11.1 Å². The summed E-state index contributed by atoms with van der Waals surface area (Å²) in [4.78, 5) is 14.0. The maximum absolute atomic E-state index is 11.5. The fourth-order valence-electron chi connectivity index (χ4n) is 2.29. The van der Waals surface area contributed by atoms with E-state index < -0.39 is 0 Å². The highest BCUT2D eigenvalue weighted by molar-refractivity contribution is 6.42. The van der Waals surface area contributed by atoms with E-state index >= 15 is 0 Å². The number of methoxy groups -OCH3 is 1. The van der Waals surface area contributed by atoms with E-state index in [1.165, 1.54) is 0 Å². The molecule has 2 N–H and O–H groups in total. The van der Waals surface area contributed by atoms with Gasteiger partial charge in [0, 0.05) is 0 Å². The van der Waals surface area contributed by atoms with Crippen LogP contribution in [0.4, 0.5) is 5.95 Å². The molecule has 0 unspecified atom stereocenters. The molecule has 0 saturated heterocycles. The van der Waals surface area contributed by atoms with Crippen molar-refractivity contribution in [2.24, 2.45) is 5.10 Å². The molecule has 1 heterocycles. The van der Waals surface area contributed by atoms with E-state index in [-0.39, 0.29) is 17.2 Å². The van der Waals surface area contributed by atoms with Crippen LogP contribution in [0.1, 0.15) is 16.8 Å². The smallest absolute Gasteiger partial charge is 0.274 e. The van der Waals surface area contributed by atoms with Gasteiger partial charge in [0.15, 0.2) is 11.5 Å². The van der Waals surface area contributed by atoms with Crippen LogP contribution in [0.5, 0.6) is 11.5 Å². The van der Waals surface area contributed by atoms with Gasteiger partial charge in [-0.2, -0.15) is 5.10 Å². The Labute approximate surface area is 176 Å². The quantitative estimate of drug-likeness (QED) is 0.433. The SMILES string of the molecule is COc1cc(/C=N/Nc2nnc(C)c(=O)[nH]2)ccc1OCc1ccc(Cl)c(Cl)c1. The lowest BCUT2D eigenvalue weighted by Gasteiger charge is -2.11. The van der Waals surface area contributed by atoms with Crippen LogP contribution in [0, 0.1) is 6.92 Å². The highest BCUT2D eigenvalue weighted by Crippen LogP contribution is 2.29.